The highest BCUT2D eigenvalue weighted by Crippen LogP contribution is 2.36. The molecule has 0 aromatic rings. The molecule has 112 valence electrons. The maximum atomic E-state index is 6.58. The van der Waals surface area contributed by atoms with Gasteiger partial charge in [-0.15, -0.1) is 0 Å². The zero-order valence-corrected chi connectivity index (χ0v) is 12.7. The largest absolute Gasteiger partial charge is 0.381 e. The van der Waals surface area contributed by atoms with Gasteiger partial charge in [-0.25, -0.2) is 0 Å². The third-order valence-electron chi connectivity index (χ3n) is 4.72. The zero-order valence-electron chi connectivity index (χ0n) is 12.7. The molecule has 2 unspecified atom stereocenters. The second-order valence-corrected chi connectivity index (χ2v) is 6.33. The number of hydrogen-bond donors (Lipinski definition) is 1. The Balaban J connectivity index is 1.85. The lowest BCUT2D eigenvalue weighted by Crippen LogP contribution is -2.45. The first-order chi connectivity index (χ1) is 9.28. The summed E-state index contributed by atoms with van der Waals surface area (Å²) in [5.41, 5.74) is 0.121. The molecule has 19 heavy (non-hydrogen) atoms. The van der Waals surface area contributed by atoms with Crippen molar-refractivity contribution in [2.75, 3.05) is 20.2 Å². The van der Waals surface area contributed by atoms with E-state index < -0.39 is 0 Å². The predicted octanol–water partition coefficient (Wildman–Crippen LogP) is 3.27. The van der Waals surface area contributed by atoms with Gasteiger partial charge in [-0.05, 0) is 51.5 Å². The summed E-state index contributed by atoms with van der Waals surface area (Å²) in [4.78, 5) is 0. The highest BCUT2D eigenvalue weighted by atomic mass is 16.5. The molecule has 0 radical (unpaired) electrons. The summed E-state index contributed by atoms with van der Waals surface area (Å²) in [5.74, 6) is 0. The van der Waals surface area contributed by atoms with Crippen molar-refractivity contribution in [3.8, 4) is 0 Å². The Kier molecular flexibility index (Phi) is 6.11. The molecule has 2 atom stereocenters. The fourth-order valence-electron chi connectivity index (χ4n) is 3.63. The van der Waals surface area contributed by atoms with Crippen LogP contribution in [-0.4, -0.2) is 38.0 Å². The van der Waals surface area contributed by atoms with Crippen molar-refractivity contribution in [1.82, 2.24) is 5.32 Å². The minimum absolute atomic E-state index is 0.121. The summed E-state index contributed by atoms with van der Waals surface area (Å²) in [6.45, 7) is 4.37. The maximum absolute atomic E-state index is 6.58. The van der Waals surface area contributed by atoms with Gasteiger partial charge < -0.3 is 14.8 Å². The Morgan fingerprint density at radius 3 is 2.53 bits per heavy atom. The average molecular weight is 269 g/mol. The van der Waals surface area contributed by atoms with Crippen LogP contribution in [-0.2, 0) is 9.47 Å². The molecular weight excluding hydrogens is 238 g/mol. The number of hydrogen-bond acceptors (Lipinski definition) is 3. The summed E-state index contributed by atoms with van der Waals surface area (Å²) >= 11 is 0. The Hall–Kier alpha value is -0.120. The first-order valence-corrected chi connectivity index (χ1v) is 8.19. The lowest BCUT2D eigenvalue weighted by atomic mass is 9.93. The van der Waals surface area contributed by atoms with Crippen molar-refractivity contribution < 1.29 is 9.47 Å². The molecule has 0 heterocycles. The predicted molar refractivity (Wildman–Crippen MR) is 78.5 cm³/mol. The van der Waals surface area contributed by atoms with Gasteiger partial charge in [0.25, 0.3) is 0 Å². The smallest absolute Gasteiger partial charge is 0.0810 e. The van der Waals surface area contributed by atoms with Gasteiger partial charge in [-0.1, -0.05) is 19.8 Å². The van der Waals surface area contributed by atoms with E-state index in [0.717, 1.165) is 19.5 Å². The van der Waals surface area contributed by atoms with Gasteiger partial charge >= 0.3 is 0 Å². The summed E-state index contributed by atoms with van der Waals surface area (Å²) in [5, 5.41) is 3.58. The van der Waals surface area contributed by atoms with Crippen LogP contribution in [0.15, 0.2) is 0 Å². The van der Waals surface area contributed by atoms with E-state index in [4.69, 9.17) is 9.47 Å². The Labute approximate surface area is 118 Å². The summed E-state index contributed by atoms with van der Waals surface area (Å²) < 4.78 is 12.1. The molecule has 3 nitrogen and oxygen atoms in total. The Bertz CT molecular complexity index is 251. The van der Waals surface area contributed by atoms with Crippen LogP contribution < -0.4 is 5.32 Å². The highest BCUT2D eigenvalue weighted by molar-refractivity contribution is 4.90. The van der Waals surface area contributed by atoms with Crippen molar-refractivity contribution >= 4 is 0 Å². The van der Waals surface area contributed by atoms with Crippen molar-refractivity contribution in [3.05, 3.63) is 0 Å². The lowest BCUT2D eigenvalue weighted by Gasteiger charge is -2.37. The second kappa shape index (κ2) is 7.61. The maximum Gasteiger partial charge on any atom is 0.0810 e. The van der Waals surface area contributed by atoms with Crippen LogP contribution in [0.4, 0.5) is 0 Å². The number of rotatable bonds is 7. The van der Waals surface area contributed by atoms with Gasteiger partial charge in [0.05, 0.1) is 17.8 Å². The van der Waals surface area contributed by atoms with Crippen molar-refractivity contribution in [3.63, 3.8) is 0 Å². The molecule has 2 rings (SSSR count). The van der Waals surface area contributed by atoms with E-state index in [1.54, 1.807) is 0 Å². The quantitative estimate of drug-likeness (QED) is 0.720. The van der Waals surface area contributed by atoms with E-state index >= 15 is 0 Å². The van der Waals surface area contributed by atoms with Crippen LogP contribution >= 0.6 is 0 Å². The molecule has 2 saturated carbocycles. The lowest BCUT2D eigenvalue weighted by molar-refractivity contribution is -0.118. The molecule has 1 N–H and O–H groups in total. The Morgan fingerprint density at radius 2 is 1.84 bits per heavy atom. The third-order valence-corrected chi connectivity index (χ3v) is 4.72. The van der Waals surface area contributed by atoms with Crippen LogP contribution in [0.25, 0.3) is 0 Å². The zero-order chi connectivity index (χ0) is 13.6. The molecule has 0 aromatic carbocycles. The Morgan fingerprint density at radius 1 is 1.11 bits per heavy atom. The molecule has 2 fully saturated rings. The van der Waals surface area contributed by atoms with E-state index in [-0.39, 0.29) is 5.60 Å². The number of ether oxygens (including phenoxy) is 2. The van der Waals surface area contributed by atoms with Crippen LogP contribution in [0.2, 0.25) is 0 Å². The van der Waals surface area contributed by atoms with Gasteiger partial charge in [-0.2, -0.15) is 0 Å². The molecule has 0 saturated heterocycles. The van der Waals surface area contributed by atoms with Crippen molar-refractivity contribution in [1.29, 1.82) is 0 Å². The van der Waals surface area contributed by atoms with E-state index in [1.165, 1.54) is 51.4 Å². The molecule has 3 heteroatoms. The monoisotopic (exact) mass is 269 g/mol. The van der Waals surface area contributed by atoms with E-state index in [1.807, 2.05) is 7.11 Å². The van der Waals surface area contributed by atoms with Gasteiger partial charge in [-0.3, -0.25) is 0 Å². The van der Waals surface area contributed by atoms with Crippen LogP contribution in [0.3, 0.4) is 0 Å². The highest BCUT2D eigenvalue weighted by Gasteiger charge is 2.38. The minimum Gasteiger partial charge on any atom is -0.381 e. The minimum atomic E-state index is 0.121. The molecule has 0 spiro atoms. The number of nitrogens with one attached hydrogen (secondary N) is 1. The molecule has 2 aliphatic rings. The van der Waals surface area contributed by atoms with Gasteiger partial charge in [0.2, 0.25) is 0 Å². The molecular formula is C16H31NO2. The average Bonchev–Trinajstić information content (AvgIpc) is 2.88. The van der Waals surface area contributed by atoms with E-state index in [0.29, 0.717) is 12.2 Å². The fraction of sp³-hybridized carbons (Fsp3) is 1.00. The van der Waals surface area contributed by atoms with Crippen LogP contribution in [0.1, 0.15) is 64.7 Å². The normalized spacial score (nSPS) is 30.6. The topological polar surface area (TPSA) is 30.5 Å². The SMILES string of the molecule is CCCNCC1(OC2CCCC(OC)C2)CCCC1. The van der Waals surface area contributed by atoms with Crippen LogP contribution in [0.5, 0.6) is 0 Å². The molecule has 0 bridgehead atoms. The standard InChI is InChI=1S/C16H31NO2/c1-3-11-17-13-16(9-4-5-10-16)19-15-8-6-7-14(12-15)18-2/h14-15,17H,3-13H2,1-2H3. The number of methoxy groups -OCH3 is 1. The molecule has 0 aromatic heterocycles. The fourth-order valence-corrected chi connectivity index (χ4v) is 3.63. The van der Waals surface area contributed by atoms with E-state index in [9.17, 15) is 0 Å². The molecule has 2 aliphatic carbocycles. The van der Waals surface area contributed by atoms with Gasteiger partial charge in [0, 0.05) is 13.7 Å². The third kappa shape index (κ3) is 4.44. The summed E-state index contributed by atoms with van der Waals surface area (Å²) in [7, 11) is 1.83. The van der Waals surface area contributed by atoms with E-state index in [2.05, 4.69) is 12.2 Å². The molecule has 0 aliphatic heterocycles. The summed E-state index contributed by atoms with van der Waals surface area (Å²) in [6, 6.07) is 0. The van der Waals surface area contributed by atoms with Crippen molar-refractivity contribution in [2.24, 2.45) is 0 Å². The first-order valence-electron chi connectivity index (χ1n) is 8.19. The molecule has 0 amide bonds. The van der Waals surface area contributed by atoms with Crippen LogP contribution in [0, 0.1) is 0 Å². The first kappa shape index (κ1) is 15.3. The van der Waals surface area contributed by atoms with Gasteiger partial charge in [0.1, 0.15) is 0 Å². The second-order valence-electron chi connectivity index (χ2n) is 6.33. The van der Waals surface area contributed by atoms with Crippen molar-refractivity contribution in [2.45, 2.75) is 82.5 Å². The summed E-state index contributed by atoms with van der Waals surface area (Å²) in [6.07, 6.45) is 11.9. The van der Waals surface area contributed by atoms with Gasteiger partial charge in [0.15, 0.2) is 0 Å².